The van der Waals surface area contributed by atoms with Crippen LogP contribution in [-0.4, -0.2) is 46.5 Å². The van der Waals surface area contributed by atoms with Crippen molar-refractivity contribution >= 4 is 58.1 Å². The highest BCUT2D eigenvalue weighted by Crippen LogP contribution is 2.35. The van der Waals surface area contributed by atoms with Gasteiger partial charge in [-0.1, -0.05) is 29.3 Å². The molecule has 0 saturated carbocycles. The fraction of sp³-hybridized carbons (Fsp3) is 0.353. The zero-order valence-corrected chi connectivity index (χ0v) is 15.7. The molecule has 8 heteroatoms. The van der Waals surface area contributed by atoms with Crippen molar-refractivity contribution in [1.29, 1.82) is 0 Å². The van der Waals surface area contributed by atoms with Gasteiger partial charge in [-0.25, -0.2) is 0 Å². The third-order valence-corrected chi connectivity index (χ3v) is 5.72. The number of thioether (sulfide) groups is 1. The van der Waals surface area contributed by atoms with Crippen molar-refractivity contribution in [3.63, 3.8) is 0 Å². The van der Waals surface area contributed by atoms with Crippen LogP contribution in [0.4, 0.5) is 4.79 Å². The van der Waals surface area contributed by atoms with Gasteiger partial charge in [-0.05, 0) is 49.2 Å². The van der Waals surface area contributed by atoms with Gasteiger partial charge in [-0.3, -0.25) is 19.3 Å². The number of imide groups is 1. The highest BCUT2D eigenvalue weighted by atomic mass is 35.5. The van der Waals surface area contributed by atoms with Gasteiger partial charge in [0.1, 0.15) is 6.54 Å². The Labute approximate surface area is 159 Å². The van der Waals surface area contributed by atoms with Crippen LogP contribution in [-0.2, 0) is 9.59 Å². The lowest BCUT2D eigenvalue weighted by atomic mass is 10.1. The molecule has 1 aromatic carbocycles. The summed E-state index contributed by atoms with van der Waals surface area (Å²) >= 11 is 13.0. The Balaban J connectivity index is 1.76. The Morgan fingerprint density at radius 1 is 1.12 bits per heavy atom. The molecule has 0 aliphatic carbocycles. The maximum absolute atomic E-state index is 12.5. The second-order valence-electron chi connectivity index (χ2n) is 5.84. The molecule has 0 N–H and O–H groups in total. The second-order valence-corrected chi connectivity index (χ2v) is 7.65. The molecule has 0 radical (unpaired) electrons. The van der Waals surface area contributed by atoms with E-state index >= 15 is 0 Å². The normalized spacial score (nSPS) is 19.8. The van der Waals surface area contributed by atoms with E-state index < -0.39 is 11.1 Å². The van der Waals surface area contributed by atoms with Gasteiger partial charge in [0.2, 0.25) is 5.91 Å². The number of hydrogen-bond acceptors (Lipinski definition) is 4. The summed E-state index contributed by atoms with van der Waals surface area (Å²) in [6, 6.07) is 5.01. The van der Waals surface area contributed by atoms with Crippen molar-refractivity contribution in [3.05, 3.63) is 38.7 Å². The van der Waals surface area contributed by atoms with E-state index in [4.69, 9.17) is 23.2 Å². The number of piperidine rings is 1. The van der Waals surface area contributed by atoms with E-state index in [1.54, 1.807) is 23.1 Å². The molecule has 5 nitrogen and oxygen atoms in total. The highest BCUT2D eigenvalue weighted by molar-refractivity contribution is 8.18. The maximum atomic E-state index is 12.5. The standard InChI is InChI=1S/C17H16Cl2N2O3S/c18-12-5-4-6-13(19)11(12)9-14-16(23)21(17(24)25-14)10-15(22)20-7-2-1-3-8-20/h4-6,9H,1-3,7-8,10H2/b14-9+. The first-order chi connectivity index (χ1) is 12.0. The topological polar surface area (TPSA) is 57.7 Å². The molecule has 0 aromatic heterocycles. The quantitative estimate of drug-likeness (QED) is 0.720. The summed E-state index contributed by atoms with van der Waals surface area (Å²) in [4.78, 5) is 39.9. The van der Waals surface area contributed by atoms with Crippen LogP contribution in [0.3, 0.4) is 0 Å². The molecule has 0 unspecified atom stereocenters. The number of halogens is 2. The summed E-state index contributed by atoms with van der Waals surface area (Å²) in [5, 5.41) is 0.331. The van der Waals surface area contributed by atoms with Gasteiger partial charge in [0, 0.05) is 28.7 Å². The van der Waals surface area contributed by atoms with Crippen LogP contribution < -0.4 is 0 Å². The van der Waals surface area contributed by atoms with Crippen LogP contribution in [0.2, 0.25) is 10.0 Å². The first-order valence-corrected chi connectivity index (χ1v) is 9.52. The summed E-state index contributed by atoms with van der Waals surface area (Å²) in [5.41, 5.74) is 0.485. The minimum Gasteiger partial charge on any atom is -0.341 e. The number of carbonyl (C=O) groups excluding carboxylic acids is 3. The number of rotatable bonds is 3. The van der Waals surface area contributed by atoms with Crippen molar-refractivity contribution in [2.24, 2.45) is 0 Å². The SMILES string of the molecule is O=C(CN1C(=O)S/C(=C/c2c(Cl)cccc2Cl)C1=O)N1CCCCC1. The van der Waals surface area contributed by atoms with Crippen molar-refractivity contribution in [2.75, 3.05) is 19.6 Å². The minimum atomic E-state index is -0.489. The van der Waals surface area contributed by atoms with E-state index in [2.05, 4.69) is 0 Å². The molecule has 0 atom stereocenters. The smallest absolute Gasteiger partial charge is 0.294 e. The first kappa shape index (κ1) is 18.3. The highest BCUT2D eigenvalue weighted by Gasteiger charge is 2.37. The predicted octanol–water partition coefficient (Wildman–Crippen LogP) is 4.04. The van der Waals surface area contributed by atoms with Crippen molar-refractivity contribution in [3.8, 4) is 0 Å². The van der Waals surface area contributed by atoms with Gasteiger partial charge < -0.3 is 4.90 Å². The van der Waals surface area contributed by atoms with E-state index in [1.165, 1.54) is 6.08 Å². The predicted molar refractivity (Wildman–Crippen MR) is 99.6 cm³/mol. The Morgan fingerprint density at radius 3 is 2.40 bits per heavy atom. The zero-order valence-electron chi connectivity index (χ0n) is 13.3. The molecule has 132 valence electrons. The number of amides is 3. The largest absolute Gasteiger partial charge is 0.341 e. The van der Waals surface area contributed by atoms with Gasteiger partial charge in [0.05, 0.1) is 4.91 Å². The van der Waals surface area contributed by atoms with Gasteiger partial charge in [-0.15, -0.1) is 0 Å². The summed E-state index contributed by atoms with van der Waals surface area (Å²) in [5.74, 6) is -0.685. The molecule has 3 rings (SSSR count). The average molecular weight is 399 g/mol. The molecule has 2 saturated heterocycles. The molecular weight excluding hydrogens is 383 g/mol. The summed E-state index contributed by atoms with van der Waals surface area (Å²) in [7, 11) is 0. The third kappa shape index (κ3) is 4.02. The zero-order chi connectivity index (χ0) is 18.0. The van der Waals surface area contributed by atoms with Crippen LogP contribution in [0, 0.1) is 0 Å². The Morgan fingerprint density at radius 2 is 1.76 bits per heavy atom. The molecular formula is C17H16Cl2N2O3S. The minimum absolute atomic E-state index is 0.195. The van der Waals surface area contributed by atoms with E-state index in [0.29, 0.717) is 28.7 Å². The van der Waals surface area contributed by atoms with Gasteiger partial charge in [0.25, 0.3) is 11.1 Å². The van der Waals surface area contributed by atoms with E-state index in [-0.39, 0.29) is 17.4 Å². The third-order valence-electron chi connectivity index (χ3n) is 4.15. The Hall–Kier alpha value is -1.50. The summed E-state index contributed by atoms with van der Waals surface area (Å²) < 4.78 is 0. The molecule has 3 amide bonds. The van der Waals surface area contributed by atoms with Crippen molar-refractivity contribution < 1.29 is 14.4 Å². The first-order valence-electron chi connectivity index (χ1n) is 7.94. The molecule has 2 aliphatic rings. The van der Waals surface area contributed by atoms with E-state index in [1.807, 2.05) is 0 Å². The average Bonchev–Trinajstić information content (AvgIpc) is 2.86. The van der Waals surface area contributed by atoms with Crippen LogP contribution >= 0.6 is 35.0 Å². The number of carbonyl (C=O) groups is 3. The molecule has 2 aliphatic heterocycles. The van der Waals surface area contributed by atoms with Gasteiger partial charge in [0.15, 0.2) is 0 Å². The molecule has 2 heterocycles. The fourth-order valence-electron chi connectivity index (χ4n) is 2.79. The molecule has 0 spiro atoms. The molecule has 25 heavy (non-hydrogen) atoms. The van der Waals surface area contributed by atoms with E-state index in [0.717, 1.165) is 35.9 Å². The molecule has 0 bridgehead atoms. The molecule has 2 fully saturated rings. The number of hydrogen-bond donors (Lipinski definition) is 0. The Kier molecular flexibility index (Phi) is 5.71. The number of nitrogens with zero attached hydrogens (tertiary/aromatic N) is 2. The van der Waals surface area contributed by atoms with Gasteiger partial charge in [-0.2, -0.15) is 0 Å². The van der Waals surface area contributed by atoms with Crippen LogP contribution in [0.15, 0.2) is 23.1 Å². The lowest BCUT2D eigenvalue weighted by Gasteiger charge is -2.27. The van der Waals surface area contributed by atoms with Crippen molar-refractivity contribution in [2.45, 2.75) is 19.3 Å². The van der Waals surface area contributed by atoms with Crippen LogP contribution in [0.25, 0.3) is 6.08 Å². The van der Waals surface area contributed by atoms with Gasteiger partial charge >= 0.3 is 0 Å². The summed E-state index contributed by atoms with van der Waals surface area (Å²) in [6.45, 7) is 1.14. The fourth-order valence-corrected chi connectivity index (χ4v) is 4.12. The summed E-state index contributed by atoms with van der Waals surface area (Å²) in [6.07, 6.45) is 4.52. The monoisotopic (exact) mass is 398 g/mol. The second kappa shape index (κ2) is 7.81. The van der Waals surface area contributed by atoms with Crippen molar-refractivity contribution in [1.82, 2.24) is 9.80 Å². The number of likely N-dealkylation sites (tertiary alicyclic amines) is 1. The Bertz CT molecular complexity index is 740. The maximum Gasteiger partial charge on any atom is 0.294 e. The number of benzene rings is 1. The lowest BCUT2D eigenvalue weighted by Crippen LogP contribution is -2.44. The van der Waals surface area contributed by atoms with Crippen LogP contribution in [0.5, 0.6) is 0 Å². The van der Waals surface area contributed by atoms with E-state index in [9.17, 15) is 14.4 Å². The van der Waals surface area contributed by atoms with Crippen LogP contribution in [0.1, 0.15) is 24.8 Å². The molecule has 1 aromatic rings. The lowest BCUT2D eigenvalue weighted by molar-refractivity contribution is -0.136.